The first kappa shape index (κ1) is 15.8. The van der Waals surface area contributed by atoms with Gasteiger partial charge in [0.25, 0.3) is 0 Å². The van der Waals surface area contributed by atoms with Crippen LogP contribution in [0.4, 0.5) is 0 Å². The van der Waals surface area contributed by atoms with Gasteiger partial charge in [-0.3, -0.25) is 9.88 Å². The molecular formula is C16H21N3OS. The fraction of sp³-hybridized carbons (Fsp3) is 0.375. The van der Waals surface area contributed by atoms with E-state index in [9.17, 15) is 0 Å². The standard InChI is InChI=1S/C16H21N3OS/c1-20-11-10-19(9-7-15(17)21)12-14-5-2-4-13-6-3-8-18-16(13)14/h2-6,8H,7,9-12H2,1H3,(H2,17,21). The molecule has 0 spiro atoms. The van der Waals surface area contributed by atoms with Crippen molar-refractivity contribution in [3.8, 4) is 0 Å². The molecule has 0 aliphatic heterocycles. The van der Waals surface area contributed by atoms with E-state index in [4.69, 9.17) is 22.7 Å². The molecule has 1 aromatic carbocycles. The van der Waals surface area contributed by atoms with E-state index in [2.05, 4.69) is 34.1 Å². The van der Waals surface area contributed by atoms with Gasteiger partial charge >= 0.3 is 0 Å². The number of thiocarbonyl (C=S) groups is 1. The van der Waals surface area contributed by atoms with E-state index in [0.717, 1.165) is 37.0 Å². The Morgan fingerprint density at radius 1 is 1.29 bits per heavy atom. The number of hydrogen-bond donors (Lipinski definition) is 1. The summed E-state index contributed by atoms with van der Waals surface area (Å²) in [6.45, 7) is 3.19. The fourth-order valence-corrected chi connectivity index (χ4v) is 2.39. The number of nitrogens with two attached hydrogens (primary N) is 1. The van der Waals surface area contributed by atoms with E-state index in [1.807, 2.05) is 12.3 Å². The molecule has 0 atom stereocenters. The van der Waals surface area contributed by atoms with Gasteiger partial charge in [0.05, 0.1) is 17.1 Å². The summed E-state index contributed by atoms with van der Waals surface area (Å²) in [6, 6.07) is 10.3. The predicted molar refractivity (Wildman–Crippen MR) is 90.3 cm³/mol. The number of rotatable bonds is 8. The Kier molecular flexibility index (Phi) is 6.04. The number of fused-ring (bicyclic) bond motifs is 1. The molecule has 0 fully saturated rings. The van der Waals surface area contributed by atoms with Gasteiger partial charge in [-0.2, -0.15) is 0 Å². The average Bonchev–Trinajstić information content (AvgIpc) is 2.50. The fourth-order valence-electron chi connectivity index (χ4n) is 2.29. The number of benzene rings is 1. The highest BCUT2D eigenvalue weighted by atomic mass is 32.1. The molecule has 112 valence electrons. The first-order valence-electron chi connectivity index (χ1n) is 7.03. The van der Waals surface area contributed by atoms with Crippen molar-refractivity contribution in [2.75, 3.05) is 26.8 Å². The van der Waals surface area contributed by atoms with Gasteiger partial charge in [0, 0.05) is 44.7 Å². The summed E-state index contributed by atoms with van der Waals surface area (Å²) in [6.07, 6.45) is 2.55. The van der Waals surface area contributed by atoms with Gasteiger partial charge in [0.1, 0.15) is 0 Å². The maximum atomic E-state index is 5.61. The number of hydrogen-bond acceptors (Lipinski definition) is 4. The predicted octanol–water partition coefficient (Wildman–Crippen LogP) is 2.36. The number of methoxy groups -OCH3 is 1. The summed E-state index contributed by atoms with van der Waals surface area (Å²) >= 11 is 4.98. The second-order valence-electron chi connectivity index (χ2n) is 4.98. The molecule has 0 bridgehead atoms. The first-order valence-corrected chi connectivity index (χ1v) is 7.43. The van der Waals surface area contributed by atoms with E-state index in [-0.39, 0.29) is 0 Å². The van der Waals surface area contributed by atoms with Crippen LogP contribution in [0.5, 0.6) is 0 Å². The molecule has 0 aliphatic rings. The lowest BCUT2D eigenvalue weighted by Crippen LogP contribution is -2.30. The van der Waals surface area contributed by atoms with Crippen molar-refractivity contribution in [2.24, 2.45) is 5.73 Å². The Bertz CT molecular complexity index is 598. The highest BCUT2D eigenvalue weighted by molar-refractivity contribution is 7.80. The lowest BCUT2D eigenvalue weighted by atomic mass is 10.1. The first-order chi connectivity index (χ1) is 10.2. The molecule has 0 saturated heterocycles. The van der Waals surface area contributed by atoms with Crippen LogP contribution in [0.3, 0.4) is 0 Å². The van der Waals surface area contributed by atoms with Crippen molar-refractivity contribution in [1.29, 1.82) is 0 Å². The number of nitrogens with zero attached hydrogens (tertiary/aromatic N) is 2. The summed E-state index contributed by atoms with van der Waals surface area (Å²) in [5.74, 6) is 0. The molecule has 5 heteroatoms. The van der Waals surface area contributed by atoms with Crippen LogP contribution in [0.15, 0.2) is 36.5 Å². The summed E-state index contributed by atoms with van der Waals surface area (Å²) in [7, 11) is 1.71. The van der Waals surface area contributed by atoms with E-state index in [0.29, 0.717) is 11.6 Å². The van der Waals surface area contributed by atoms with Crippen molar-refractivity contribution in [3.63, 3.8) is 0 Å². The normalized spacial score (nSPS) is 11.1. The van der Waals surface area contributed by atoms with E-state index < -0.39 is 0 Å². The van der Waals surface area contributed by atoms with Crippen LogP contribution in [-0.2, 0) is 11.3 Å². The molecule has 2 rings (SSSR count). The second-order valence-corrected chi connectivity index (χ2v) is 5.50. The molecule has 1 aromatic heterocycles. The van der Waals surface area contributed by atoms with E-state index in [1.54, 1.807) is 7.11 Å². The van der Waals surface area contributed by atoms with Crippen molar-refractivity contribution in [3.05, 3.63) is 42.1 Å². The zero-order chi connectivity index (χ0) is 15.1. The molecule has 0 radical (unpaired) electrons. The smallest absolute Gasteiger partial charge is 0.0746 e. The maximum Gasteiger partial charge on any atom is 0.0746 e. The van der Waals surface area contributed by atoms with Gasteiger partial charge in [-0.25, -0.2) is 0 Å². The molecule has 21 heavy (non-hydrogen) atoms. The van der Waals surface area contributed by atoms with Gasteiger partial charge < -0.3 is 10.5 Å². The van der Waals surface area contributed by atoms with Crippen molar-refractivity contribution >= 4 is 28.1 Å². The van der Waals surface area contributed by atoms with Crippen LogP contribution in [0.1, 0.15) is 12.0 Å². The summed E-state index contributed by atoms with van der Waals surface area (Å²) in [5.41, 5.74) is 7.88. The lowest BCUT2D eigenvalue weighted by Gasteiger charge is -2.22. The van der Waals surface area contributed by atoms with Crippen molar-refractivity contribution in [1.82, 2.24) is 9.88 Å². The van der Waals surface area contributed by atoms with Crippen molar-refractivity contribution in [2.45, 2.75) is 13.0 Å². The van der Waals surface area contributed by atoms with E-state index >= 15 is 0 Å². The topological polar surface area (TPSA) is 51.4 Å². The average molecular weight is 303 g/mol. The van der Waals surface area contributed by atoms with E-state index in [1.165, 1.54) is 5.56 Å². The summed E-state index contributed by atoms with van der Waals surface area (Å²) < 4.78 is 5.18. The largest absolute Gasteiger partial charge is 0.393 e. The third-order valence-corrected chi connectivity index (χ3v) is 3.60. The van der Waals surface area contributed by atoms with Crippen LogP contribution in [0, 0.1) is 0 Å². The zero-order valence-corrected chi connectivity index (χ0v) is 13.1. The molecule has 0 unspecified atom stereocenters. The molecule has 0 aliphatic carbocycles. The minimum absolute atomic E-state index is 0.550. The van der Waals surface area contributed by atoms with Crippen molar-refractivity contribution < 1.29 is 4.74 Å². The zero-order valence-electron chi connectivity index (χ0n) is 12.3. The van der Waals surface area contributed by atoms with Gasteiger partial charge in [0.15, 0.2) is 0 Å². The Balaban J connectivity index is 2.15. The van der Waals surface area contributed by atoms with Crippen LogP contribution in [0.25, 0.3) is 10.9 Å². The third kappa shape index (κ3) is 4.74. The molecule has 2 N–H and O–H groups in total. The SMILES string of the molecule is COCCN(CCC(N)=S)Cc1cccc2cccnc12. The highest BCUT2D eigenvalue weighted by Crippen LogP contribution is 2.17. The minimum atomic E-state index is 0.550. The molecule has 0 saturated carbocycles. The molecule has 2 aromatic rings. The number of para-hydroxylation sites is 1. The van der Waals surface area contributed by atoms with Gasteiger partial charge in [-0.05, 0) is 11.6 Å². The minimum Gasteiger partial charge on any atom is -0.393 e. The second kappa shape index (κ2) is 8.02. The van der Waals surface area contributed by atoms with Gasteiger partial charge in [-0.15, -0.1) is 0 Å². The molecule has 4 nitrogen and oxygen atoms in total. The molecule has 0 amide bonds. The maximum absolute atomic E-state index is 5.61. The van der Waals surface area contributed by atoms with Gasteiger partial charge in [0.2, 0.25) is 0 Å². The number of ether oxygens (including phenoxy) is 1. The Morgan fingerprint density at radius 3 is 2.86 bits per heavy atom. The Labute approximate surface area is 130 Å². The van der Waals surface area contributed by atoms with Crippen LogP contribution >= 0.6 is 12.2 Å². The quantitative estimate of drug-likeness (QED) is 0.759. The third-order valence-electron chi connectivity index (χ3n) is 3.40. The molecular weight excluding hydrogens is 282 g/mol. The highest BCUT2D eigenvalue weighted by Gasteiger charge is 2.09. The monoisotopic (exact) mass is 303 g/mol. The number of aromatic nitrogens is 1. The lowest BCUT2D eigenvalue weighted by molar-refractivity contribution is 0.146. The summed E-state index contributed by atoms with van der Waals surface area (Å²) in [5, 5.41) is 1.16. The number of pyridine rings is 1. The van der Waals surface area contributed by atoms with Gasteiger partial charge in [-0.1, -0.05) is 36.5 Å². The summed E-state index contributed by atoms with van der Waals surface area (Å²) in [4.78, 5) is 7.35. The Hall–Kier alpha value is -1.56. The van der Waals surface area contributed by atoms with Crippen LogP contribution in [-0.4, -0.2) is 41.7 Å². The van der Waals surface area contributed by atoms with Crippen LogP contribution in [0.2, 0.25) is 0 Å². The Morgan fingerprint density at radius 2 is 2.10 bits per heavy atom. The van der Waals surface area contributed by atoms with Crippen LogP contribution < -0.4 is 5.73 Å². The molecule has 1 heterocycles.